The van der Waals surface area contributed by atoms with E-state index in [-0.39, 0.29) is 42.7 Å². The Labute approximate surface area is 159 Å². The van der Waals surface area contributed by atoms with Crippen LogP contribution in [-0.2, 0) is 9.53 Å². The molecule has 0 aromatic carbocycles. The van der Waals surface area contributed by atoms with Gasteiger partial charge in [-0.05, 0) is 64.1 Å². The van der Waals surface area contributed by atoms with Crippen molar-refractivity contribution in [2.45, 2.75) is 57.4 Å². The van der Waals surface area contributed by atoms with Gasteiger partial charge in [-0.2, -0.15) is 0 Å². The molecule has 2 fully saturated rings. The lowest BCUT2D eigenvalue weighted by molar-refractivity contribution is -0.124. The number of amides is 1. The molecule has 0 saturated carbocycles. The first kappa shape index (κ1) is 23.9. The Balaban J connectivity index is 0.00000264. The number of carbonyl (C=O) groups is 1. The van der Waals surface area contributed by atoms with E-state index in [1.165, 1.54) is 51.7 Å². The highest BCUT2D eigenvalue weighted by Gasteiger charge is 2.26. The molecule has 3 N–H and O–H groups in total. The van der Waals surface area contributed by atoms with Crippen molar-refractivity contribution in [3.8, 4) is 0 Å². The average Bonchev–Trinajstić information content (AvgIpc) is 2.58. The molecule has 2 aliphatic rings. The highest BCUT2D eigenvalue weighted by Crippen LogP contribution is 2.17. The summed E-state index contributed by atoms with van der Waals surface area (Å²) in [6.45, 7) is 6.00. The van der Waals surface area contributed by atoms with E-state index >= 15 is 0 Å². The summed E-state index contributed by atoms with van der Waals surface area (Å²) >= 11 is 0. The van der Waals surface area contributed by atoms with Crippen LogP contribution in [0.15, 0.2) is 0 Å². The third kappa shape index (κ3) is 8.86. The minimum Gasteiger partial charge on any atom is -0.381 e. The Morgan fingerprint density at radius 3 is 2.42 bits per heavy atom. The number of carbonyl (C=O) groups excluding carboxylic acids is 1. The summed E-state index contributed by atoms with van der Waals surface area (Å²) in [5.41, 5.74) is 6.06. The van der Waals surface area contributed by atoms with E-state index in [9.17, 15) is 4.79 Å². The number of ether oxygens (including phenoxy) is 1. The van der Waals surface area contributed by atoms with E-state index in [4.69, 9.17) is 10.5 Å². The van der Waals surface area contributed by atoms with Gasteiger partial charge < -0.3 is 20.7 Å². The SMILES string of the molecule is Cl.Cl.NC(C(=O)NCCCCCN1CCCCC1)C1CCOCC1. The summed E-state index contributed by atoms with van der Waals surface area (Å²) in [6, 6.07) is -0.364. The number of nitrogens with one attached hydrogen (secondary N) is 1. The first-order chi connectivity index (χ1) is 10.8. The fourth-order valence-corrected chi connectivity index (χ4v) is 3.44. The van der Waals surface area contributed by atoms with Crippen molar-refractivity contribution in [2.24, 2.45) is 11.7 Å². The van der Waals surface area contributed by atoms with E-state index in [1.54, 1.807) is 0 Å². The summed E-state index contributed by atoms with van der Waals surface area (Å²) in [5, 5.41) is 3.00. The van der Waals surface area contributed by atoms with E-state index in [1.807, 2.05) is 0 Å². The van der Waals surface area contributed by atoms with E-state index in [2.05, 4.69) is 10.2 Å². The van der Waals surface area contributed by atoms with Crippen LogP contribution < -0.4 is 11.1 Å². The van der Waals surface area contributed by atoms with Gasteiger partial charge in [-0.1, -0.05) is 12.8 Å². The molecule has 1 atom stereocenters. The third-order valence-corrected chi connectivity index (χ3v) is 4.98. The second-order valence-electron chi connectivity index (χ2n) is 6.73. The topological polar surface area (TPSA) is 67.6 Å². The van der Waals surface area contributed by atoms with Crippen LogP contribution in [0.2, 0.25) is 0 Å². The molecule has 0 aromatic heterocycles. The van der Waals surface area contributed by atoms with Gasteiger partial charge in [-0.3, -0.25) is 4.79 Å². The van der Waals surface area contributed by atoms with Crippen LogP contribution in [0.25, 0.3) is 0 Å². The summed E-state index contributed by atoms with van der Waals surface area (Å²) in [7, 11) is 0. The van der Waals surface area contributed by atoms with Crippen molar-refractivity contribution in [1.82, 2.24) is 10.2 Å². The zero-order chi connectivity index (χ0) is 15.6. The van der Waals surface area contributed by atoms with Crippen molar-refractivity contribution >= 4 is 30.7 Å². The highest BCUT2D eigenvalue weighted by atomic mass is 35.5. The molecule has 0 aliphatic carbocycles. The molecule has 2 aliphatic heterocycles. The molecule has 2 heterocycles. The minimum absolute atomic E-state index is 0. The van der Waals surface area contributed by atoms with Crippen LogP contribution in [0, 0.1) is 5.92 Å². The molecule has 2 saturated heterocycles. The van der Waals surface area contributed by atoms with Crippen LogP contribution in [0.5, 0.6) is 0 Å². The van der Waals surface area contributed by atoms with Crippen LogP contribution >= 0.6 is 24.8 Å². The predicted molar refractivity (Wildman–Crippen MR) is 103 cm³/mol. The standard InChI is InChI=1S/C17H33N3O2.2ClH/c18-16(15-7-13-22-14-8-15)17(21)19-9-3-1-4-10-20-11-5-2-6-12-20;;/h15-16H,1-14,18H2,(H,19,21);2*1H. The zero-order valence-corrected chi connectivity index (χ0v) is 16.3. The first-order valence-corrected chi connectivity index (χ1v) is 9.11. The Bertz CT molecular complexity index is 323. The molecule has 0 bridgehead atoms. The summed E-state index contributed by atoms with van der Waals surface area (Å²) < 4.78 is 5.31. The first-order valence-electron chi connectivity index (χ1n) is 9.11. The fraction of sp³-hybridized carbons (Fsp3) is 0.941. The number of likely N-dealkylation sites (tertiary alicyclic amines) is 1. The molecule has 7 heteroatoms. The number of nitrogens with two attached hydrogens (primary N) is 1. The third-order valence-electron chi connectivity index (χ3n) is 4.98. The van der Waals surface area contributed by atoms with E-state index < -0.39 is 0 Å². The second kappa shape index (κ2) is 14.1. The summed E-state index contributed by atoms with van der Waals surface area (Å²) in [5.74, 6) is 0.302. The summed E-state index contributed by atoms with van der Waals surface area (Å²) in [6.07, 6.45) is 9.41. The predicted octanol–water partition coefficient (Wildman–Crippen LogP) is 2.36. The quantitative estimate of drug-likeness (QED) is 0.631. The normalized spacial score (nSPS) is 20.5. The number of piperidine rings is 1. The molecule has 24 heavy (non-hydrogen) atoms. The maximum atomic E-state index is 12.0. The van der Waals surface area contributed by atoms with Gasteiger partial charge in [0, 0.05) is 19.8 Å². The number of hydrogen-bond donors (Lipinski definition) is 2. The number of unbranched alkanes of at least 4 members (excludes halogenated alkanes) is 2. The molecule has 0 radical (unpaired) electrons. The Morgan fingerprint density at radius 2 is 1.75 bits per heavy atom. The van der Waals surface area contributed by atoms with Gasteiger partial charge in [-0.25, -0.2) is 0 Å². The van der Waals surface area contributed by atoms with Crippen LogP contribution in [0.3, 0.4) is 0 Å². The molecular weight excluding hydrogens is 349 g/mol. The van der Waals surface area contributed by atoms with E-state index in [0.29, 0.717) is 0 Å². The van der Waals surface area contributed by atoms with Gasteiger partial charge in [0.2, 0.25) is 5.91 Å². The lowest BCUT2D eigenvalue weighted by Crippen LogP contribution is -2.47. The minimum atomic E-state index is -0.364. The van der Waals surface area contributed by atoms with Gasteiger partial charge >= 0.3 is 0 Å². The molecule has 0 spiro atoms. The molecule has 5 nitrogen and oxygen atoms in total. The van der Waals surface area contributed by atoms with Crippen LogP contribution in [0.4, 0.5) is 0 Å². The van der Waals surface area contributed by atoms with Gasteiger partial charge in [0.05, 0.1) is 6.04 Å². The average molecular weight is 384 g/mol. The summed E-state index contributed by atoms with van der Waals surface area (Å²) in [4.78, 5) is 14.6. The number of nitrogens with zero attached hydrogens (tertiary/aromatic N) is 1. The van der Waals surface area contributed by atoms with Gasteiger partial charge in [0.15, 0.2) is 0 Å². The largest absolute Gasteiger partial charge is 0.381 e. The molecular formula is C17H35Cl2N3O2. The van der Waals surface area contributed by atoms with Crippen molar-refractivity contribution in [2.75, 3.05) is 39.4 Å². The van der Waals surface area contributed by atoms with Crippen molar-refractivity contribution in [3.63, 3.8) is 0 Å². The molecule has 0 aromatic rings. The van der Waals surface area contributed by atoms with E-state index in [0.717, 1.165) is 39.0 Å². The maximum absolute atomic E-state index is 12.0. The van der Waals surface area contributed by atoms with Gasteiger partial charge in [0.25, 0.3) is 0 Å². The van der Waals surface area contributed by atoms with Crippen molar-refractivity contribution < 1.29 is 9.53 Å². The molecule has 1 amide bonds. The monoisotopic (exact) mass is 383 g/mol. The van der Waals surface area contributed by atoms with Crippen molar-refractivity contribution in [1.29, 1.82) is 0 Å². The Kier molecular flexibility index (Phi) is 14.1. The van der Waals surface area contributed by atoms with Gasteiger partial charge in [-0.15, -0.1) is 24.8 Å². The zero-order valence-electron chi connectivity index (χ0n) is 14.7. The van der Waals surface area contributed by atoms with Crippen LogP contribution in [-0.4, -0.2) is 56.2 Å². The number of halogens is 2. The molecule has 144 valence electrons. The Hall–Kier alpha value is -0.0700. The van der Waals surface area contributed by atoms with Crippen molar-refractivity contribution in [3.05, 3.63) is 0 Å². The highest BCUT2D eigenvalue weighted by molar-refractivity contribution is 5.85. The lowest BCUT2D eigenvalue weighted by Gasteiger charge is -2.27. The molecule has 2 rings (SSSR count). The van der Waals surface area contributed by atoms with Crippen LogP contribution in [0.1, 0.15) is 51.4 Å². The Morgan fingerprint density at radius 1 is 1.08 bits per heavy atom. The number of rotatable bonds is 8. The molecule has 1 unspecified atom stereocenters. The lowest BCUT2D eigenvalue weighted by atomic mass is 9.92. The van der Waals surface area contributed by atoms with Gasteiger partial charge in [0.1, 0.15) is 0 Å². The second-order valence-corrected chi connectivity index (χ2v) is 6.73. The smallest absolute Gasteiger partial charge is 0.237 e. The number of hydrogen-bond acceptors (Lipinski definition) is 4. The maximum Gasteiger partial charge on any atom is 0.237 e. The fourth-order valence-electron chi connectivity index (χ4n) is 3.44.